The lowest BCUT2D eigenvalue weighted by atomic mass is 10.0. The third kappa shape index (κ3) is 16.1. The van der Waals surface area contributed by atoms with Crippen LogP contribution in [0.4, 0.5) is 0 Å². The van der Waals surface area contributed by atoms with Crippen molar-refractivity contribution in [3.63, 3.8) is 0 Å². The summed E-state index contributed by atoms with van der Waals surface area (Å²) in [7, 11) is 1.16. The van der Waals surface area contributed by atoms with Gasteiger partial charge in [0.05, 0.1) is 32.2 Å². The molecule has 0 heterocycles. The smallest absolute Gasteiger partial charge is 0.251 e. The lowest BCUT2D eigenvalue weighted by Crippen LogP contribution is -2.59. The molecule has 1 rings (SSSR count). The number of nitrogens with one attached hydrogen (secondary N) is 6. The number of aliphatic hydroxyl groups excluding tert-OH is 2. The van der Waals surface area contributed by atoms with Crippen LogP contribution in [0.1, 0.15) is 75.7 Å². The SMILES string of the molecule is CCCCCCc1ccc(C(=O)N[C@H](CO)C(=O)N[C@H](C)C(=O)NCC(=O)N(C)[C@H](C(=O)N[C@@H](C)C(=O)N[C@@H](CC(N)=O)C(=O)NCC=O)C(C)O)cc1. The van der Waals surface area contributed by atoms with Crippen LogP contribution in [0.15, 0.2) is 24.3 Å². The first-order valence-corrected chi connectivity index (χ1v) is 17.6. The zero-order valence-electron chi connectivity index (χ0n) is 31.3. The maximum Gasteiger partial charge on any atom is 0.251 e. The van der Waals surface area contributed by atoms with Gasteiger partial charge in [-0.1, -0.05) is 38.3 Å². The average molecular weight is 763 g/mol. The van der Waals surface area contributed by atoms with E-state index in [1.54, 1.807) is 12.1 Å². The standard InChI is InChI=1S/C35H54N8O11/c1-6-7-8-9-10-23-11-13-24(14-12-23)32(51)42-26(19-45)34(53)39-20(2)30(49)38-18-28(48)43(5)29(22(4)46)35(54)40-21(3)31(50)41-25(17-27(36)47)33(52)37-15-16-44/h11-14,16,20-22,25-26,29,45-46H,6-10,15,17-19H2,1-5H3,(H2,36,47)(H,37,52)(H,38,49)(H,39,53)(H,40,54)(H,41,50)(H,42,51)/t20-,21+,22?,25+,26-,29+/m1/s1. The number of rotatable bonds is 24. The Kier molecular flexibility index (Phi) is 20.7. The minimum atomic E-state index is -1.56. The van der Waals surface area contributed by atoms with Crippen LogP contribution < -0.4 is 37.6 Å². The molecule has 0 spiro atoms. The number of benzene rings is 1. The third-order valence-electron chi connectivity index (χ3n) is 8.19. The number of unbranched alkanes of at least 4 members (excludes halogenated alkanes) is 3. The molecule has 19 nitrogen and oxygen atoms in total. The predicted molar refractivity (Wildman–Crippen MR) is 194 cm³/mol. The average Bonchev–Trinajstić information content (AvgIpc) is 3.12. The fraction of sp³-hybridized carbons (Fsp3) is 0.571. The second-order valence-corrected chi connectivity index (χ2v) is 12.7. The highest BCUT2D eigenvalue weighted by molar-refractivity contribution is 5.99. The van der Waals surface area contributed by atoms with Crippen molar-refractivity contribution in [2.75, 3.05) is 26.7 Å². The third-order valence-corrected chi connectivity index (χ3v) is 8.19. The Labute approximate surface area is 313 Å². The van der Waals surface area contributed by atoms with Gasteiger partial charge in [0.2, 0.25) is 41.4 Å². The number of aldehydes is 1. The molecule has 0 aliphatic rings. The number of nitrogens with zero attached hydrogens (tertiary/aromatic N) is 1. The lowest BCUT2D eigenvalue weighted by molar-refractivity contribution is -0.144. The van der Waals surface area contributed by atoms with Crippen LogP contribution >= 0.6 is 0 Å². The van der Waals surface area contributed by atoms with Crippen LogP contribution in [0.2, 0.25) is 0 Å². The number of nitrogens with two attached hydrogens (primary N) is 1. The van der Waals surface area contributed by atoms with Gasteiger partial charge < -0.3 is 57.5 Å². The van der Waals surface area contributed by atoms with Crippen molar-refractivity contribution in [3.8, 4) is 0 Å². The Balaban J connectivity index is 2.74. The molecule has 1 aromatic carbocycles. The summed E-state index contributed by atoms with van der Waals surface area (Å²) in [6.07, 6.45) is 3.60. The van der Waals surface area contributed by atoms with Crippen molar-refractivity contribution in [1.82, 2.24) is 36.8 Å². The van der Waals surface area contributed by atoms with Gasteiger partial charge in [-0.05, 0) is 51.3 Å². The van der Waals surface area contributed by atoms with Gasteiger partial charge in [-0.2, -0.15) is 0 Å². The maximum absolute atomic E-state index is 13.1. The van der Waals surface area contributed by atoms with E-state index in [2.05, 4.69) is 38.8 Å². The largest absolute Gasteiger partial charge is 0.394 e. The van der Waals surface area contributed by atoms with E-state index in [0.717, 1.165) is 49.6 Å². The van der Waals surface area contributed by atoms with E-state index >= 15 is 0 Å². The first-order valence-electron chi connectivity index (χ1n) is 17.6. The maximum atomic E-state index is 13.1. The van der Waals surface area contributed by atoms with Gasteiger partial charge in [-0.15, -0.1) is 0 Å². The monoisotopic (exact) mass is 762 g/mol. The predicted octanol–water partition coefficient (Wildman–Crippen LogP) is -3.09. The zero-order valence-corrected chi connectivity index (χ0v) is 31.3. The zero-order chi connectivity index (χ0) is 41.0. The molecule has 1 aromatic rings. The van der Waals surface area contributed by atoms with Crippen molar-refractivity contribution < 1.29 is 53.4 Å². The molecule has 0 aliphatic heterocycles. The molecule has 0 bridgehead atoms. The van der Waals surface area contributed by atoms with E-state index in [4.69, 9.17) is 5.73 Å². The number of carbonyl (C=O) groups is 9. The number of hydrogen-bond donors (Lipinski definition) is 9. The molecule has 1 unspecified atom stereocenters. The molecule has 0 fully saturated rings. The lowest BCUT2D eigenvalue weighted by Gasteiger charge is -2.30. The summed E-state index contributed by atoms with van der Waals surface area (Å²) in [4.78, 5) is 112. The summed E-state index contributed by atoms with van der Waals surface area (Å²) in [5, 5.41) is 33.9. The van der Waals surface area contributed by atoms with Gasteiger partial charge in [0.1, 0.15) is 36.5 Å². The molecule has 6 atom stereocenters. The van der Waals surface area contributed by atoms with Crippen LogP contribution in [0, 0.1) is 0 Å². The summed E-state index contributed by atoms with van der Waals surface area (Å²) in [5.41, 5.74) is 6.48. The minimum absolute atomic E-state index is 0.277. The molecular formula is C35H54N8O11. The van der Waals surface area contributed by atoms with Gasteiger partial charge in [-0.25, -0.2) is 0 Å². The van der Waals surface area contributed by atoms with E-state index in [1.165, 1.54) is 20.8 Å². The molecule has 300 valence electrons. The molecule has 0 saturated carbocycles. The van der Waals surface area contributed by atoms with Crippen molar-refractivity contribution in [1.29, 1.82) is 0 Å². The summed E-state index contributed by atoms with van der Waals surface area (Å²) in [6, 6.07) is -0.101. The summed E-state index contributed by atoms with van der Waals surface area (Å²) < 4.78 is 0. The van der Waals surface area contributed by atoms with Gasteiger partial charge in [0.25, 0.3) is 5.91 Å². The first-order chi connectivity index (χ1) is 25.5. The number of aliphatic hydroxyl groups is 2. The van der Waals surface area contributed by atoms with Crippen LogP contribution in [0.25, 0.3) is 0 Å². The Bertz CT molecular complexity index is 1470. The number of carbonyl (C=O) groups excluding carboxylic acids is 9. The quantitative estimate of drug-likeness (QED) is 0.0376. The summed E-state index contributed by atoms with van der Waals surface area (Å²) >= 11 is 0. The molecule has 54 heavy (non-hydrogen) atoms. The second-order valence-electron chi connectivity index (χ2n) is 12.7. The van der Waals surface area contributed by atoms with Gasteiger partial charge >= 0.3 is 0 Å². The Morgan fingerprint density at radius 2 is 1.39 bits per heavy atom. The van der Waals surface area contributed by atoms with Crippen LogP contribution in [0.5, 0.6) is 0 Å². The molecule has 0 saturated heterocycles. The van der Waals surface area contributed by atoms with Crippen molar-refractivity contribution in [2.45, 2.75) is 103 Å². The number of aryl methyl sites for hydroxylation is 1. The van der Waals surface area contributed by atoms with Gasteiger partial charge in [0.15, 0.2) is 0 Å². The highest BCUT2D eigenvalue weighted by atomic mass is 16.3. The minimum Gasteiger partial charge on any atom is -0.394 e. The van der Waals surface area contributed by atoms with E-state index < -0.39 is 103 Å². The first kappa shape index (κ1) is 46.6. The van der Waals surface area contributed by atoms with Gasteiger partial charge in [-0.3, -0.25) is 38.4 Å². The topological polar surface area (TPSA) is 296 Å². The van der Waals surface area contributed by atoms with Crippen LogP contribution in [-0.2, 0) is 44.8 Å². The van der Waals surface area contributed by atoms with Crippen molar-refractivity contribution in [3.05, 3.63) is 35.4 Å². The van der Waals surface area contributed by atoms with E-state index in [9.17, 15) is 53.4 Å². The molecule has 0 aliphatic carbocycles. The Morgan fingerprint density at radius 1 is 0.778 bits per heavy atom. The molecule has 0 aromatic heterocycles. The number of likely N-dealkylation sites (N-methyl/N-ethyl adjacent to an activating group) is 1. The van der Waals surface area contributed by atoms with Crippen LogP contribution in [0.3, 0.4) is 0 Å². The fourth-order valence-electron chi connectivity index (χ4n) is 5.05. The molecular weight excluding hydrogens is 708 g/mol. The highest BCUT2D eigenvalue weighted by Crippen LogP contribution is 2.10. The molecule has 0 radical (unpaired) electrons. The number of amides is 8. The molecule has 19 heteroatoms. The highest BCUT2D eigenvalue weighted by Gasteiger charge is 2.34. The van der Waals surface area contributed by atoms with E-state index in [1.807, 2.05) is 12.1 Å². The van der Waals surface area contributed by atoms with E-state index in [0.29, 0.717) is 6.29 Å². The Hall–Kier alpha value is -5.43. The summed E-state index contributed by atoms with van der Waals surface area (Å²) in [5.74, 6) is -6.86. The van der Waals surface area contributed by atoms with Crippen molar-refractivity contribution >= 4 is 53.5 Å². The van der Waals surface area contributed by atoms with Crippen molar-refractivity contribution in [2.24, 2.45) is 5.73 Å². The summed E-state index contributed by atoms with van der Waals surface area (Å²) in [6.45, 7) is 4.03. The molecule has 8 amide bonds. The fourth-order valence-corrected chi connectivity index (χ4v) is 5.05. The molecule has 10 N–H and O–H groups in total. The second kappa shape index (κ2) is 24.0. The van der Waals surface area contributed by atoms with E-state index in [-0.39, 0.29) is 12.1 Å². The Morgan fingerprint density at radius 3 is 1.94 bits per heavy atom. The van der Waals surface area contributed by atoms with Crippen LogP contribution in [-0.4, -0.2) is 132 Å². The van der Waals surface area contributed by atoms with Gasteiger partial charge in [0, 0.05) is 12.6 Å². The normalized spacial score (nSPS) is 14.1. The number of primary amides is 1. The number of hydrogen-bond acceptors (Lipinski definition) is 11.